The summed E-state index contributed by atoms with van der Waals surface area (Å²) in [6.45, 7) is 1.09. The molecular formula is C19H22ClF3N4O. The Morgan fingerprint density at radius 1 is 1.25 bits per heavy atom. The molecule has 1 amide bonds. The van der Waals surface area contributed by atoms with Gasteiger partial charge in [0.25, 0.3) is 5.91 Å². The van der Waals surface area contributed by atoms with Gasteiger partial charge in [-0.15, -0.1) is 12.4 Å². The first-order valence-corrected chi connectivity index (χ1v) is 9.07. The van der Waals surface area contributed by atoms with Crippen LogP contribution in [0.3, 0.4) is 0 Å². The number of nitrogens with one attached hydrogen (secondary N) is 2. The number of halogens is 4. The Kier molecular flexibility index (Phi) is 5.72. The first-order valence-electron chi connectivity index (χ1n) is 9.07. The standard InChI is InChI=1S/C19H21F3N4O.ClH/c1-26-10-15(17(25-26)19(20,21)22)18(27)24-13-6-4-12(5-7-13)14-8-16(14)23-9-11-2-3-11;/h4-7,10-11,14,16,23H,2-3,8-9H2,1H3,(H,24,27);1H. The molecule has 0 spiro atoms. The maximum atomic E-state index is 13.0. The minimum Gasteiger partial charge on any atom is -0.322 e. The van der Waals surface area contributed by atoms with Crippen LogP contribution in [-0.2, 0) is 13.2 Å². The van der Waals surface area contributed by atoms with Gasteiger partial charge in [-0.05, 0) is 49.4 Å². The van der Waals surface area contributed by atoms with Crippen LogP contribution in [0.2, 0.25) is 0 Å². The van der Waals surface area contributed by atoms with E-state index in [2.05, 4.69) is 15.7 Å². The number of anilines is 1. The Hall–Kier alpha value is -2.06. The van der Waals surface area contributed by atoms with E-state index < -0.39 is 23.3 Å². The third kappa shape index (κ3) is 4.67. The van der Waals surface area contributed by atoms with Crippen molar-refractivity contribution in [3.63, 3.8) is 0 Å². The van der Waals surface area contributed by atoms with Gasteiger partial charge in [0.1, 0.15) is 0 Å². The van der Waals surface area contributed by atoms with Crippen LogP contribution in [0.4, 0.5) is 18.9 Å². The number of rotatable bonds is 6. The summed E-state index contributed by atoms with van der Waals surface area (Å²) in [4.78, 5) is 12.3. The summed E-state index contributed by atoms with van der Waals surface area (Å²) in [5, 5.41) is 9.45. The van der Waals surface area contributed by atoms with Crippen molar-refractivity contribution in [3.05, 3.63) is 47.3 Å². The first-order chi connectivity index (χ1) is 12.8. The topological polar surface area (TPSA) is 59.0 Å². The van der Waals surface area contributed by atoms with E-state index in [1.165, 1.54) is 25.5 Å². The second kappa shape index (κ2) is 7.75. The lowest BCUT2D eigenvalue weighted by Gasteiger charge is -2.08. The molecule has 2 aliphatic carbocycles. The molecule has 0 aliphatic heterocycles. The second-order valence-corrected chi connectivity index (χ2v) is 7.44. The average Bonchev–Trinajstić information content (AvgIpc) is 3.51. The Bertz CT molecular complexity index is 846. The fourth-order valence-electron chi connectivity index (χ4n) is 3.31. The van der Waals surface area contributed by atoms with Crippen molar-refractivity contribution in [3.8, 4) is 0 Å². The number of nitrogens with zero attached hydrogens (tertiary/aromatic N) is 2. The fraction of sp³-hybridized carbons (Fsp3) is 0.474. The van der Waals surface area contributed by atoms with Crippen LogP contribution in [0, 0.1) is 5.92 Å². The number of aryl methyl sites for hydroxylation is 1. The molecule has 2 aliphatic rings. The predicted molar refractivity (Wildman–Crippen MR) is 102 cm³/mol. The fourth-order valence-corrected chi connectivity index (χ4v) is 3.31. The molecule has 2 N–H and O–H groups in total. The van der Waals surface area contributed by atoms with Crippen molar-refractivity contribution in [2.24, 2.45) is 13.0 Å². The monoisotopic (exact) mass is 414 g/mol. The van der Waals surface area contributed by atoms with E-state index in [0.29, 0.717) is 17.6 Å². The molecular weight excluding hydrogens is 393 g/mol. The largest absolute Gasteiger partial charge is 0.435 e. The molecule has 2 fully saturated rings. The van der Waals surface area contributed by atoms with Gasteiger partial charge in [0, 0.05) is 30.9 Å². The zero-order valence-corrected chi connectivity index (χ0v) is 16.1. The number of alkyl halides is 3. The van der Waals surface area contributed by atoms with Gasteiger partial charge < -0.3 is 10.6 Å². The highest BCUT2D eigenvalue weighted by Crippen LogP contribution is 2.42. The summed E-state index contributed by atoms with van der Waals surface area (Å²) in [6, 6.07) is 7.82. The van der Waals surface area contributed by atoms with Crippen LogP contribution >= 0.6 is 12.4 Å². The number of carbonyl (C=O) groups is 1. The maximum Gasteiger partial charge on any atom is 0.435 e. The van der Waals surface area contributed by atoms with Gasteiger partial charge in [0.2, 0.25) is 0 Å². The molecule has 5 nitrogen and oxygen atoms in total. The number of hydrogen-bond donors (Lipinski definition) is 2. The third-order valence-electron chi connectivity index (χ3n) is 5.09. The van der Waals surface area contributed by atoms with Crippen molar-refractivity contribution >= 4 is 24.0 Å². The molecule has 2 atom stereocenters. The molecule has 1 heterocycles. The third-order valence-corrected chi connectivity index (χ3v) is 5.09. The van der Waals surface area contributed by atoms with Crippen LogP contribution in [0.5, 0.6) is 0 Å². The predicted octanol–water partition coefficient (Wildman–Crippen LogP) is 3.97. The number of carbonyl (C=O) groups excluding carboxylic acids is 1. The zero-order valence-electron chi connectivity index (χ0n) is 15.3. The molecule has 0 saturated heterocycles. The van der Waals surface area contributed by atoms with Crippen LogP contribution < -0.4 is 10.6 Å². The average molecular weight is 415 g/mol. The van der Waals surface area contributed by atoms with Gasteiger partial charge in [0.05, 0.1) is 5.56 Å². The Labute approximate surface area is 167 Å². The Morgan fingerprint density at radius 2 is 1.93 bits per heavy atom. The van der Waals surface area contributed by atoms with Gasteiger partial charge in [0.15, 0.2) is 5.69 Å². The van der Waals surface area contributed by atoms with E-state index in [-0.39, 0.29) is 12.4 Å². The lowest BCUT2D eigenvalue weighted by atomic mass is 10.1. The molecule has 1 aromatic carbocycles. The minimum absolute atomic E-state index is 0. The van der Waals surface area contributed by atoms with Gasteiger partial charge >= 0.3 is 6.18 Å². The number of hydrogen-bond acceptors (Lipinski definition) is 3. The smallest absolute Gasteiger partial charge is 0.322 e. The SMILES string of the molecule is Cl.Cn1cc(C(=O)Nc2ccc(C3CC3NCC3CC3)cc2)c(C(F)(F)F)n1. The van der Waals surface area contributed by atoms with Crippen molar-refractivity contribution in [2.75, 3.05) is 11.9 Å². The van der Waals surface area contributed by atoms with Gasteiger partial charge in [-0.25, -0.2) is 0 Å². The highest BCUT2D eigenvalue weighted by molar-refractivity contribution is 6.05. The maximum absolute atomic E-state index is 13.0. The van der Waals surface area contributed by atoms with E-state index in [4.69, 9.17) is 0 Å². The summed E-state index contributed by atoms with van der Waals surface area (Å²) in [6.07, 6.45) is 0.152. The molecule has 2 unspecified atom stereocenters. The summed E-state index contributed by atoms with van der Waals surface area (Å²) in [7, 11) is 1.35. The van der Waals surface area contributed by atoms with Crippen molar-refractivity contribution < 1.29 is 18.0 Å². The molecule has 4 rings (SSSR count). The Morgan fingerprint density at radius 3 is 2.54 bits per heavy atom. The highest BCUT2D eigenvalue weighted by Gasteiger charge is 2.40. The van der Waals surface area contributed by atoms with E-state index in [0.717, 1.165) is 29.8 Å². The highest BCUT2D eigenvalue weighted by atomic mass is 35.5. The van der Waals surface area contributed by atoms with E-state index in [9.17, 15) is 18.0 Å². The molecule has 2 aromatic rings. The second-order valence-electron chi connectivity index (χ2n) is 7.44. The van der Waals surface area contributed by atoms with Crippen LogP contribution in [0.25, 0.3) is 0 Å². The van der Waals surface area contributed by atoms with Crippen LogP contribution in [0.15, 0.2) is 30.5 Å². The number of benzene rings is 1. The van der Waals surface area contributed by atoms with E-state index >= 15 is 0 Å². The van der Waals surface area contributed by atoms with E-state index in [1.807, 2.05) is 12.1 Å². The lowest BCUT2D eigenvalue weighted by Crippen LogP contribution is -2.20. The number of amides is 1. The summed E-state index contributed by atoms with van der Waals surface area (Å²) >= 11 is 0. The lowest BCUT2D eigenvalue weighted by molar-refractivity contribution is -0.141. The summed E-state index contributed by atoms with van der Waals surface area (Å²) in [5.74, 6) is 0.500. The van der Waals surface area contributed by atoms with Crippen LogP contribution in [-0.4, -0.2) is 28.3 Å². The van der Waals surface area contributed by atoms with Gasteiger partial charge in [-0.3, -0.25) is 9.48 Å². The quantitative estimate of drug-likeness (QED) is 0.752. The molecule has 9 heteroatoms. The van der Waals surface area contributed by atoms with Crippen molar-refractivity contribution in [1.29, 1.82) is 0 Å². The molecule has 0 radical (unpaired) electrons. The normalized spacial score (nSPS) is 21.1. The van der Waals surface area contributed by atoms with Gasteiger partial charge in [-0.2, -0.15) is 18.3 Å². The summed E-state index contributed by atoms with van der Waals surface area (Å²) in [5.41, 5.74) is -0.0233. The van der Waals surface area contributed by atoms with Crippen molar-refractivity contribution in [1.82, 2.24) is 15.1 Å². The number of aromatic nitrogens is 2. The minimum atomic E-state index is -4.67. The summed E-state index contributed by atoms with van der Waals surface area (Å²) < 4.78 is 40.0. The molecule has 2 saturated carbocycles. The molecule has 1 aromatic heterocycles. The molecule has 152 valence electrons. The molecule has 28 heavy (non-hydrogen) atoms. The van der Waals surface area contributed by atoms with Crippen LogP contribution in [0.1, 0.15) is 46.8 Å². The van der Waals surface area contributed by atoms with Crippen molar-refractivity contribution in [2.45, 2.75) is 37.4 Å². The first kappa shape index (κ1) is 20.7. The van der Waals surface area contributed by atoms with E-state index in [1.54, 1.807) is 12.1 Å². The Balaban J connectivity index is 0.00000225. The van der Waals surface area contributed by atoms with Gasteiger partial charge in [-0.1, -0.05) is 12.1 Å². The zero-order chi connectivity index (χ0) is 19.2. The molecule has 0 bridgehead atoms.